The van der Waals surface area contributed by atoms with E-state index in [1.807, 2.05) is 11.3 Å². The Hall–Kier alpha value is -0.340. The monoisotopic (exact) mass is 209 g/mol. The summed E-state index contributed by atoms with van der Waals surface area (Å²) in [6.45, 7) is 5.55. The molecule has 1 fully saturated rings. The molecule has 0 radical (unpaired) electrons. The van der Waals surface area contributed by atoms with E-state index in [1.54, 1.807) is 4.88 Å². The van der Waals surface area contributed by atoms with Gasteiger partial charge in [0.15, 0.2) is 0 Å². The molecular weight excluding hydrogens is 190 g/mol. The molecule has 1 aromatic heterocycles. The largest absolute Gasteiger partial charge is 0.314 e. The van der Waals surface area contributed by atoms with Gasteiger partial charge in [-0.15, -0.1) is 11.3 Å². The number of hydrogen-bond donors (Lipinski definition) is 1. The molecule has 0 bridgehead atoms. The Balaban J connectivity index is 1.99. The van der Waals surface area contributed by atoms with Crippen molar-refractivity contribution >= 4 is 11.3 Å². The lowest BCUT2D eigenvalue weighted by atomic mass is 10.0. The second-order valence-electron chi connectivity index (χ2n) is 4.23. The van der Waals surface area contributed by atoms with Gasteiger partial charge in [0.1, 0.15) is 0 Å². The van der Waals surface area contributed by atoms with E-state index >= 15 is 0 Å². The van der Waals surface area contributed by atoms with Crippen LogP contribution in [0, 0.1) is 6.92 Å². The molecule has 0 amide bonds. The molecule has 1 aromatic rings. The fourth-order valence-electron chi connectivity index (χ4n) is 2.50. The van der Waals surface area contributed by atoms with Crippen molar-refractivity contribution in [1.29, 1.82) is 0 Å². The first-order valence-corrected chi connectivity index (χ1v) is 6.46. The van der Waals surface area contributed by atoms with E-state index in [9.17, 15) is 0 Å². The number of thiophene rings is 1. The van der Waals surface area contributed by atoms with Crippen molar-refractivity contribution in [3.63, 3.8) is 0 Å². The first-order valence-electron chi connectivity index (χ1n) is 5.58. The first-order chi connectivity index (χ1) is 6.81. The normalized spacial score (nSPS) is 27.0. The summed E-state index contributed by atoms with van der Waals surface area (Å²) in [4.78, 5) is 1.63. The fourth-order valence-corrected chi connectivity index (χ4v) is 3.58. The van der Waals surface area contributed by atoms with Crippen LogP contribution in [-0.4, -0.2) is 12.6 Å². The summed E-state index contributed by atoms with van der Waals surface area (Å²) in [5.41, 5.74) is 1.50. The van der Waals surface area contributed by atoms with Crippen LogP contribution in [0.1, 0.15) is 42.5 Å². The molecule has 2 unspecified atom stereocenters. The minimum Gasteiger partial charge on any atom is -0.314 e. The zero-order valence-electron chi connectivity index (χ0n) is 9.05. The lowest BCUT2D eigenvalue weighted by Gasteiger charge is -2.11. The minimum atomic E-state index is 0.770. The third kappa shape index (κ3) is 2.01. The molecule has 0 spiro atoms. The van der Waals surface area contributed by atoms with E-state index in [0.29, 0.717) is 0 Å². The van der Waals surface area contributed by atoms with Gasteiger partial charge in [0.05, 0.1) is 0 Å². The molecule has 1 N–H and O–H groups in total. The van der Waals surface area contributed by atoms with Gasteiger partial charge < -0.3 is 5.32 Å². The number of nitrogens with one attached hydrogen (secondary N) is 1. The van der Waals surface area contributed by atoms with Gasteiger partial charge in [-0.3, -0.25) is 0 Å². The number of hydrogen-bond acceptors (Lipinski definition) is 2. The Morgan fingerprint density at radius 3 is 3.00 bits per heavy atom. The molecule has 1 heterocycles. The molecule has 2 atom stereocenters. The van der Waals surface area contributed by atoms with Crippen LogP contribution < -0.4 is 5.32 Å². The lowest BCUT2D eigenvalue weighted by Crippen LogP contribution is -2.25. The zero-order valence-corrected chi connectivity index (χ0v) is 9.86. The smallest absolute Gasteiger partial charge is 0.0106 e. The summed E-state index contributed by atoms with van der Waals surface area (Å²) in [7, 11) is 0. The van der Waals surface area contributed by atoms with Crippen LogP contribution >= 0.6 is 11.3 Å². The van der Waals surface area contributed by atoms with Gasteiger partial charge in [-0.2, -0.15) is 0 Å². The highest BCUT2D eigenvalue weighted by Gasteiger charge is 2.26. The van der Waals surface area contributed by atoms with E-state index in [4.69, 9.17) is 0 Å². The van der Waals surface area contributed by atoms with E-state index in [1.165, 1.54) is 24.8 Å². The van der Waals surface area contributed by atoms with E-state index < -0.39 is 0 Å². The van der Waals surface area contributed by atoms with Crippen LogP contribution in [0.25, 0.3) is 0 Å². The average molecular weight is 209 g/mol. The van der Waals surface area contributed by atoms with E-state index in [-0.39, 0.29) is 0 Å². The summed E-state index contributed by atoms with van der Waals surface area (Å²) in [5, 5.41) is 5.79. The topological polar surface area (TPSA) is 12.0 Å². The second kappa shape index (κ2) is 4.45. The van der Waals surface area contributed by atoms with Crippen molar-refractivity contribution < 1.29 is 0 Å². The van der Waals surface area contributed by atoms with Gasteiger partial charge in [0, 0.05) is 10.9 Å². The van der Waals surface area contributed by atoms with Crippen molar-refractivity contribution in [2.45, 2.75) is 45.1 Å². The molecule has 78 valence electrons. The van der Waals surface area contributed by atoms with Gasteiger partial charge in [-0.25, -0.2) is 0 Å². The predicted octanol–water partition coefficient (Wildman–Crippen LogP) is 3.30. The molecule has 1 nitrogen and oxygen atoms in total. The van der Waals surface area contributed by atoms with Gasteiger partial charge in [0.2, 0.25) is 0 Å². The van der Waals surface area contributed by atoms with Crippen molar-refractivity contribution in [1.82, 2.24) is 5.32 Å². The first kappa shape index (κ1) is 10.2. The molecule has 1 saturated carbocycles. The summed E-state index contributed by atoms with van der Waals surface area (Å²) >= 11 is 1.94. The van der Waals surface area contributed by atoms with Crippen LogP contribution in [0.4, 0.5) is 0 Å². The van der Waals surface area contributed by atoms with E-state index in [0.717, 1.165) is 18.5 Å². The number of aryl methyl sites for hydroxylation is 1. The molecular formula is C12H19NS. The standard InChI is InChI=1S/C12H19NS/c1-3-13-11-5-4-10(8-11)12-9(2)6-7-14-12/h6-7,10-11,13H,3-5,8H2,1-2H3. The number of rotatable bonds is 3. The molecule has 0 aromatic carbocycles. The molecule has 0 aliphatic heterocycles. The van der Waals surface area contributed by atoms with Crippen molar-refractivity contribution in [3.05, 3.63) is 21.9 Å². The minimum absolute atomic E-state index is 0.770. The Labute approximate surface area is 90.5 Å². The average Bonchev–Trinajstić information content (AvgIpc) is 2.74. The Morgan fingerprint density at radius 2 is 2.36 bits per heavy atom. The van der Waals surface area contributed by atoms with Gasteiger partial charge in [0.25, 0.3) is 0 Å². The third-order valence-electron chi connectivity index (χ3n) is 3.20. The van der Waals surface area contributed by atoms with Crippen LogP contribution in [0.15, 0.2) is 11.4 Å². The maximum Gasteiger partial charge on any atom is 0.0106 e. The van der Waals surface area contributed by atoms with Gasteiger partial charge >= 0.3 is 0 Å². The van der Waals surface area contributed by atoms with Crippen LogP contribution in [0.3, 0.4) is 0 Å². The van der Waals surface area contributed by atoms with Crippen LogP contribution in [0.5, 0.6) is 0 Å². The Kier molecular flexibility index (Phi) is 3.24. The highest BCUT2D eigenvalue weighted by molar-refractivity contribution is 7.10. The van der Waals surface area contributed by atoms with Crippen LogP contribution in [-0.2, 0) is 0 Å². The summed E-state index contributed by atoms with van der Waals surface area (Å²) in [6.07, 6.45) is 4.07. The van der Waals surface area contributed by atoms with Crippen molar-refractivity contribution in [2.75, 3.05) is 6.54 Å². The lowest BCUT2D eigenvalue weighted by molar-refractivity contribution is 0.536. The highest BCUT2D eigenvalue weighted by Crippen LogP contribution is 2.38. The third-order valence-corrected chi connectivity index (χ3v) is 4.38. The maximum atomic E-state index is 3.56. The van der Waals surface area contributed by atoms with Gasteiger partial charge in [-0.05, 0) is 55.7 Å². The zero-order chi connectivity index (χ0) is 9.97. The quantitative estimate of drug-likeness (QED) is 0.805. The molecule has 2 heteroatoms. The Bertz CT molecular complexity index is 292. The molecule has 0 saturated heterocycles. The molecule has 1 aliphatic carbocycles. The fraction of sp³-hybridized carbons (Fsp3) is 0.667. The van der Waals surface area contributed by atoms with Crippen molar-refractivity contribution in [2.24, 2.45) is 0 Å². The maximum absolute atomic E-state index is 3.56. The summed E-state index contributed by atoms with van der Waals surface area (Å²) in [6, 6.07) is 3.02. The van der Waals surface area contributed by atoms with Gasteiger partial charge in [-0.1, -0.05) is 6.92 Å². The Morgan fingerprint density at radius 1 is 1.50 bits per heavy atom. The predicted molar refractivity (Wildman–Crippen MR) is 63.1 cm³/mol. The van der Waals surface area contributed by atoms with Crippen molar-refractivity contribution in [3.8, 4) is 0 Å². The highest BCUT2D eigenvalue weighted by atomic mass is 32.1. The molecule has 14 heavy (non-hydrogen) atoms. The molecule has 1 aliphatic rings. The van der Waals surface area contributed by atoms with Crippen LogP contribution in [0.2, 0.25) is 0 Å². The van der Waals surface area contributed by atoms with E-state index in [2.05, 4.69) is 30.6 Å². The summed E-state index contributed by atoms with van der Waals surface area (Å²) < 4.78 is 0. The second-order valence-corrected chi connectivity index (χ2v) is 5.18. The SMILES string of the molecule is CCNC1CCC(c2sccc2C)C1. The summed E-state index contributed by atoms with van der Waals surface area (Å²) in [5.74, 6) is 0.832. The molecule has 2 rings (SSSR count).